The first-order valence-corrected chi connectivity index (χ1v) is 4.43. The summed E-state index contributed by atoms with van der Waals surface area (Å²) in [6.07, 6.45) is 3.15. The Balaban J connectivity index is 2.11. The van der Waals surface area contributed by atoms with Crippen molar-refractivity contribution in [2.24, 2.45) is 0 Å². The van der Waals surface area contributed by atoms with Crippen LogP contribution in [0.5, 0.6) is 0 Å². The Morgan fingerprint density at radius 1 is 1.27 bits per heavy atom. The van der Waals surface area contributed by atoms with Crippen molar-refractivity contribution < 1.29 is 8.78 Å². The van der Waals surface area contributed by atoms with E-state index >= 15 is 0 Å². The quantitative estimate of drug-likeness (QED) is 0.814. The Hall–Kier alpha value is -1.91. The van der Waals surface area contributed by atoms with E-state index in [1.165, 1.54) is 18.2 Å². The highest BCUT2D eigenvalue weighted by molar-refractivity contribution is 5.38. The zero-order chi connectivity index (χ0) is 10.7. The van der Waals surface area contributed by atoms with Crippen LogP contribution in [0.2, 0.25) is 0 Å². The highest BCUT2D eigenvalue weighted by Gasteiger charge is 2.07. The topological polar surface area (TPSA) is 40.7 Å². The molecular formula is C10H9F2N3. The van der Waals surface area contributed by atoms with Crippen LogP contribution in [0.25, 0.3) is 0 Å². The summed E-state index contributed by atoms with van der Waals surface area (Å²) >= 11 is 0. The van der Waals surface area contributed by atoms with Gasteiger partial charge in [-0.2, -0.15) is 5.10 Å². The maximum Gasteiger partial charge on any atom is 0.131 e. The van der Waals surface area contributed by atoms with E-state index in [1.807, 2.05) is 0 Å². The van der Waals surface area contributed by atoms with E-state index in [-0.39, 0.29) is 12.1 Å². The fraction of sp³-hybridized carbons (Fsp3) is 0.100. The zero-order valence-corrected chi connectivity index (χ0v) is 7.80. The molecule has 0 aliphatic carbocycles. The van der Waals surface area contributed by atoms with Crippen molar-refractivity contribution in [3.05, 3.63) is 47.8 Å². The molecule has 0 atom stereocenters. The molecule has 0 saturated heterocycles. The number of aromatic nitrogens is 2. The first kappa shape index (κ1) is 9.64. The summed E-state index contributed by atoms with van der Waals surface area (Å²) < 4.78 is 26.4. The van der Waals surface area contributed by atoms with Gasteiger partial charge in [-0.1, -0.05) is 6.07 Å². The number of rotatable bonds is 3. The smallest absolute Gasteiger partial charge is 0.131 e. The SMILES string of the molecule is Fc1cccc(F)c1CNc1cn[nH]c1. The van der Waals surface area contributed by atoms with Gasteiger partial charge in [-0.3, -0.25) is 5.10 Å². The van der Waals surface area contributed by atoms with Crippen molar-refractivity contribution in [1.82, 2.24) is 10.2 Å². The molecule has 1 aromatic carbocycles. The van der Waals surface area contributed by atoms with Crippen molar-refractivity contribution in [3.8, 4) is 0 Å². The van der Waals surface area contributed by atoms with E-state index in [1.54, 1.807) is 12.4 Å². The van der Waals surface area contributed by atoms with Gasteiger partial charge in [0, 0.05) is 18.3 Å². The molecular weight excluding hydrogens is 200 g/mol. The third kappa shape index (κ3) is 2.12. The number of halogens is 2. The average molecular weight is 209 g/mol. The highest BCUT2D eigenvalue weighted by atomic mass is 19.1. The fourth-order valence-electron chi connectivity index (χ4n) is 1.24. The molecule has 0 fully saturated rings. The van der Waals surface area contributed by atoms with Crippen LogP contribution in [0, 0.1) is 11.6 Å². The molecule has 5 heteroatoms. The molecule has 0 unspecified atom stereocenters. The van der Waals surface area contributed by atoms with Crippen molar-refractivity contribution in [3.63, 3.8) is 0 Å². The highest BCUT2D eigenvalue weighted by Crippen LogP contribution is 2.13. The third-order valence-electron chi connectivity index (χ3n) is 2.03. The molecule has 2 N–H and O–H groups in total. The van der Waals surface area contributed by atoms with E-state index in [0.29, 0.717) is 5.69 Å². The molecule has 3 nitrogen and oxygen atoms in total. The average Bonchev–Trinajstić information content (AvgIpc) is 2.70. The Kier molecular flexibility index (Phi) is 2.62. The lowest BCUT2D eigenvalue weighted by Crippen LogP contribution is -2.03. The summed E-state index contributed by atoms with van der Waals surface area (Å²) in [5.74, 6) is -1.10. The van der Waals surface area contributed by atoms with Crippen LogP contribution < -0.4 is 5.32 Å². The van der Waals surface area contributed by atoms with Gasteiger partial charge in [0.05, 0.1) is 11.9 Å². The van der Waals surface area contributed by atoms with Crippen LogP contribution in [0.4, 0.5) is 14.5 Å². The second kappa shape index (κ2) is 4.08. The van der Waals surface area contributed by atoms with Crippen LogP contribution in [0.3, 0.4) is 0 Å². The number of hydrogen-bond donors (Lipinski definition) is 2. The number of hydrogen-bond acceptors (Lipinski definition) is 2. The lowest BCUT2D eigenvalue weighted by molar-refractivity contribution is 0.560. The third-order valence-corrected chi connectivity index (χ3v) is 2.03. The van der Waals surface area contributed by atoms with Crippen LogP contribution >= 0.6 is 0 Å². The second-order valence-electron chi connectivity index (χ2n) is 3.04. The van der Waals surface area contributed by atoms with Crippen LogP contribution in [0.1, 0.15) is 5.56 Å². The van der Waals surface area contributed by atoms with Gasteiger partial charge in [0.15, 0.2) is 0 Å². The molecule has 2 aromatic rings. The summed E-state index contributed by atoms with van der Waals surface area (Å²) in [6, 6.07) is 3.80. The lowest BCUT2D eigenvalue weighted by atomic mass is 10.2. The zero-order valence-electron chi connectivity index (χ0n) is 7.80. The first-order valence-electron chi connectivity index (χ1n) is 4.43. The van der Waals surface area contributed by atoms with Crippen molar-refractivity contribution in [2.75, 3.05) is 5.32 Å². The molecule has 0 saturated carbocycles. The van der Waals surface area contributed by atoms with Gasteiger partial charge in [-0.05, 0) is 12.1 Å². The number of nitrogens with one attached hydrogen (secondary N) is 2. The van der Waals surface area contributed by atoms with E-state index in [2.05, 4.69) is 15.5 Å². The Labute approximate surface area is 85.1 Å². The maximum atomic E-state index is 13.2. The normalized spacial score (nSPS) is 10.3. The molecule has 0 spiro atoms. The monoisotopic (exact) mass is 209 g/mol. The second-order valence-corrected chi connectivity index (χ2v) is 3.04. The van der Waals surface area contributed by atoms with Crippen LogP contribution in [-0.4, -0.2) is 10.2 Å². The standard InChI is InChI=1S/C10H9F2N3/c11-9-2-1-3-10(12)8(9)6-13-7-4-14-15-5-7/h1-5,13H,6H2,(H,14,15). The first-order chi connectivity index (χ1) is 7.27. The van der Waals surface area contributed by atoms with Gasteiger partial charge in [0.2, 0.25) is 0 Å². The summed E-state index contributed by atoms with van der Waals surface area (Å²) in [7, 11) is 0. The fourth-order valence-corrected chi connectivity index (χ4v) is 1.24. The minimum absolute atomic E-state index is 0.0266. The van der Waals surface area contributed by atoms with E-state index in [0.717, 1.165) is 0 Å². The molecule has 0 aliphatic rings. The van der Waals surface area contributed by atoms with E-state index in [4.69, 9.17) is 0 Å². The Bertz CT molecular complexity index is 420. The predicted octanol–water partition coefficient (Wildman–Crippen LogP) is 2.30. The predicted molar refractivity (Wildman–Crippen MR) is 52.3 cm³/mol. The molecule has 2 rings (SSSR count). The van der Waals surface area contributed by atoms with Gasteiger partial charge in [-0.25, -0.2) is 8.78 Å². The number of nitrogens with zero attached hydrogens (tertiary/aromatic N) is 1. The summed E-state index contributed by atoms with van der Waals surface area (Å²) in [5.41, 5.74) is 0.719. The van der Waals surface area contributed by atoms with Gasteiger partial charge in [0.1, 0.15) is 11.6 Å². The minimum atomic E-state index is -0.550. The minimum Gasteiger partial charge on any atom is -0.378 e. The van der Waals surface area contributed by atoms with Gasteiger partial charge in [0.25, 0.3) is 0 Å². The number of H-pyrrole nitrogens is 1. The van der Waals surface area contributed by atoms with E-state index in [9.17, 15) is 8.78 Å². The molecule has 0 amide bonds. The Morgan fingerprint density at radius 3 is 2.60 bits per heavy atom. The largest absolute Gasteiger partial charge is 0.378 e. The molecule has 15 heavy (non-hydrogen) atoms. The summed E-state index contributed by atoms with van der Waals surface area (Å²) in [6.45, 7) is 0.0953. The number of aromatic amines is 1. The van der Waals surface area contributed by atoms with Gasteiger partial charge in [-0.15, -0.1) is 0 Å². The Morgan fingerprint density at radius 2 is 2.00 bits per heavy atom. The molecule has 1 heterocycles. The van der Waals surface area contributed by atoms with Crippen molar-refractivity contribution in [1.29, 1.82) is 0 Å². The molecule has 0 bridgehead atoms. The van der Waals surface area contributed by atoms with Crippen molar-refractivity contribution >= 4 is 5.69 Å². The summed E-state index contributed by atoms with van der Waals surface area (Å²) in [5, 5.41) is 9.15. The van der Waals surface area contributed by atoms with E-state index < -0.39 is 11.6 Å². The molecule has 1 aromatic heterocycles. The molecule has 0 radical (unpaired) electrons. The van der Waals surface area contributed by atoms with Crippen LogP contribution in [0.15, 0.2) is 30.6 Å². The summed E-state index contributed by atoms with van der Waals surface area (Å²) in [4.78, 5) is 0. The molecule has 78 valence electrons. The number of benzene rings is 1. The number of anilines is 1. The maximum absolute atomic E-state index is 13.2. The molecule has 0 aliphatic heterocycles. The lowest BCUT2D eigenvalue weighted by Gasteiger charge is -2.05. The van der Waals surface area contributed by atoms with Crippen LogP contribution in [-0.2, 0) is 6.54 Å². The van der Waals surface area contributed by atoms with Gasteiger partial charge >= 0.3 is 0 Å². The van der Waals surface area contributed by atoms with Crippen molar-refractivity contribution in [2.45, 2.75) is 6.54 Å². The van der Waals surface area contributed by atoms with Gasteiger partial charge < -0.3 is 5.32 Å².